The van der Waals surface area contributed by atoms with Gasteiger partial charge in [0, 0.05) is 10.0 Å². The highest BCUT2D eigenvalue weighted by atomic mass is 35.5. The molecule has 0 spiro atoms. The molecule has 2 unspecified atom stereocenters. The highest BCUT2D eigenvalue weighted by molar-refractivity contribution is 6.30. The van der Waals surface area contributed by atoms with Gasteiger partial charge in [0.15, 0.2) is 0 Å². The Morgan fingerprint density at radius 1 is 0.640 bits per heavy atom. The topological polar surface area (TPSA) is 47.6 Å². The second kappa shape index (κ2) is 10.1. The predicted octanol–water partition coefficient (Wildman–Crippen LogP) is 6.86. The Kier molecular flexibility index (Phi) is 7.80. The summed E-state index contributed by atoms with van der Waals surface area (Å²) in [6.07, 6.45) is 4.61. The Hall–Kier alpha value is -2.00. The normalized spacial score (nSPS) is 12.8. The van der Waals surface area contributed by atoms with Crippen LogP contribution >= 0.6 is 23.2 Å². The molecule has 2 nitrogen and oxygen atoms in total. The summed E-state index contributed by atoms with van der Waals surface area (Å²) in [6.45, 7) is 0. The van der Waals surface area contributed by atoms with Gasteiger partial charge in [0.2, 0.25) is 0 Å². The van der Waals surface area contributed by atoms with E-state index >= 15 is 0 Å². The van der Waals surface area contributed by atoms with Gasteiger partial charge in [0.05, 0.1) is 24.0 Å². The molecule has 0 N–H and O–H groups in total. The van der Waals surface area contributed by atoms with Crippen molar-refractivity contribution in [2.45, 2.75) is 43.9 Å². The fourth-order valence-electron chi connectivity index (χ4n) is 2.88. The van der Waals surface area contributed by atoms with E-state index in [9.17, 15) is 10.5 Å². The van der Waals surface area contributed by atoms with Crippen molar-refractivity contribution < 1.29 is 0 Å². The van der Waals surface area contributed by atoms with Crippen LogP contribution in [0.2, 0.25) is 10.0 Å². The molecule has 0 fully saturated rings. The van der Waals surface area contributed by atoms with Crippen LogP contribution in [0.25, 0.3) is 0 Å². The summed E-state index contributed by atoms with van der Waals surface area (Å²) < 4.78 is 0. The quantitative estimate of drug-likeness (QED) is 0.476. The van der Waals surface area contributed by atoms with Gasteiger partial charge in [-0.2, -0.15) is 10.5 Å². The molecule has 0 heterocycles. The van der Waals surface area contributed by atoms with Crippen LogP contribution in [0.1, 0.15) is 55.1 Å². The van der Waals surface area contributed by atoms with E-state index < -0.39 is 0 Å². The Balaban J connectivity index is 1.76. The van der Waals surface area contributed by atoms with Gasteiger partial charge in [-0.1, -0.05) is 66.7 Å². The Morgan fingerprint density at radius 2 is 1.00 bits per heavy atom. The largest absolute Gasteiger partial charge is 0.198 e. The van der Waals surface area contributed by atoms with E-state index in [0.29, 0.717) is 10.0 Å². The molecule has 0 aromatic heterocycles. The lowest BCUT2D eigenvalue weighted by Gasteiger charge is -2.11. The van der Waals surface area contributed by atoms with Gasteiger partial charge in [-0.15, -0.1) is 0 Å². The van der Waals surface area contributed by atoms with Crippen LogP contribution in [-0.2, 0) is 0 Å². The maximum absolute atomic E-state index is 9.37. The molecule has 0 saturated heterocycles. The standard InChI is InChI=1S/C21H20Cl2N2/c22-20-10-6-16(7-11-20)18(14-24)4-2-1-3-5-19(15-25)17-8-12-21(23)13-9-17/h6-13,18-19H,1-5H2. The number of hydrogen-bond acceptors (Lipinski definition) is 2. The fraction of sp³-hybridized carbons (Fsp3) is 0.333. The van der Waals surface area contributed by atoms with Crippen molar-refractivity contribution in [3.8, 4) is 12.1 Å². The van der Waals surface area contributed by atoms with Crippen molar-refractivity contribution in [2.75, 3.05) is 0 Å². The molecule has 128 valence electrons. The SMILES string of the molecule is N#CC(CCCCCC(C#N)c1ccc(Cl)cc1)c1ccc(Cl)cc1. The smallest absolute Gasteiger partial charge is 0.0712 e. The van der Waals surface area contributed by atoms with E-state index in [0.717, 1.165) is 43.2 Å². The summed E-state index contributed by atoms with van der Waals surface area (Å²) in [7, 11) is 0. The number of rotatable bonds is 8. The minimum absolute atomic E-state index is 0.0969. The molecular formula is C21H20Cl2N2. The van der Waals surface area contributed by atoms with Crippen LogP contribution in [0.5, 0.6) is 0 Å². The lowest BCUT2D eigenvalue weighted by Crippen LogP contribution is -1.98. The number of hydrogen-bond donors (Lipinski definition) is 0. The summed E-state index contributed by atoms with van der Waals surface area (Å²) in [5, 5.41) is 20.1. The number of unbranched alkanes of at least 4 members (excludes halogenated alkanes) is 2. The molecular weight excluding hydrogens is 351 g/mol. The van der Waals surface area contributed by atoms with Crippen LogP contribution in [0, 0.1) is 22.7 Å². The summed E-state index contributed by atoms with van der Waals surface area (Å²) >= 11 is 11.8. The van der Waals surface area contributed by atoms with Crippen molar-refractivity contribution in [1.82, 2.24) is 0 Å². The van der Waals surface area contributed by atoms with E-state index in [2.05, 4.69) is 12.1 Å². The second-order valence-electron chi connectivity index (χ2n) is 6.10. The molecule has 2 aromatic rings. The van der Waals surface area contributed by atoms with Gasteiger partial charge in [-0.05, 0) is 48.2 Å². The van der Waals surface area contributed by atoms with E-state index in [-0.39, 0.29) is 11.8 Å². The zero-order chi connectivity index (χ0) is 18.1. The second-order valence-corrected chi connectivity index (χ2v) is 6.98. The maximum Gasteiger partial charge on any atom is 0.0712 e. The van der Waals surface area contributed by atoms with Gasteiger partial charge in [0.1, 0.15) is 0 Å². The molecule has 0 bridgehead atoms. The number of nitriles is 2. The van der Waals surface area contributed by atoms with Crippen molar-refractivity contribution in [1.29, 1.82) is 10.5 Å². The molecule has 25 heavy (non-hydrogen) atoms. The maximum atomic E-state index is 9.37. The van der Waals surface area contributed by atoms with Crippen molar-refractivity contribution >= 4 is 23.2 Å². The van der Waals surface area contributed by atoms with Crippen molar-refractivity contribution in [3.63, 3.8) is 0 Å². The van der Waals surface area contributed by atoms with Gasteiger partial charge < -0.3 is 0 Å². The number of halogens is 2. The monoisotopic (exact) mass is 370 g/mol. The van der Waals surface area contributed by atoms with Crippen LogP contribution in [0.3, 0.4) is 0 Å². The van der Waals surface area contributed by atoms with Crippen LogP contribution in [-0.4, -0.2) is 0 Å². The molecule has 0 amide bonds. The number of benzene rings is 2. The molecule has 0 radical (unpaired) electrons. The lowest BCUT2D eigenvalue weighted by molar-refractivity contribution is 0.579. The summed E-state index contributed by atoms with van der Waals surface area (Å²) in [5.41, 5.74) is 2.03. The first-order valence-electron chi connectivity index (χ1n) is 8.44. The van der Waals surface area contributed by atoms with Crippen LogP contribution in [0.4, 0.5) is 0 Å². The third kappa shape index (κ3) is 6.09. The Morgan fingerprint density at radius 3 is 1.32 bits per heavy atom. The van der Waals surface area contributed by atoms with Gasteiger partial charge in [0.25, 0.3) is 0 Å². The zero-order valence-corrected chi connectivity index (χ0v) is 15.5. The van der Waals surface area contributed by atoms with E-state index in [1.54, 1.807) is 0 Å². The van der Waals surface area contributed by atoms with Gasteiger partial charge in [-0.3, -0.25) is 0 Å². The molecule has 0 saturated carbocycles. The first kappa shape index (κ1) is 19.3. The first-order valence-corrected chi connectivity index (χ1v) is 9.20. The molecule has 2 aromatic carbocycles. The predicted molar refractivity (Wildman–Crippen MR) is 103 cm³/mol. The van der Waals surface area contributed by atoms with E-state index in [1.165, 1.54) is 0 Å². The molecule has 4 heteroatoms. The minimum atomic E-state index is -0.0969. The first-order chi connectivity index (χ1) is 12.1. The average Bonchev–Trinajstić information content (AvgIpc) is 2.63. The number of nitrogens with zero attached hydrogens (tertiary/aromatic N) is 2. The summed E-state index contributed by atoms with van der Waals surface area (Å²) in [5.74, 6) is -0.194. The average molecular weight is 371 g/mol. The Labute approximate surface area is 159 Å². The van der Waals surface area contributed by atoms with Gasteiger partial charge in [-0.25, -0.2) is 0 Å². The molecule has 0 aliphatic heterocycles. The van der Waals surface area contributed by atoms with Crippen LogP contribution in [0.15, 0.2) is 48.5 Å². The van der Waals surface area contributed by atoms with E-state index in [4.69, 9.17) is 23.2 Å². The lowest BCUT2D eigenvalue weighted by atomic mass is 9.92. The summed E-state index contributed by atoms with van der Waals surface area (Å²) in [4.78, 5) is 0. The Bertz CT molecular complexity index is 674. The summed E-state index contributed by atoms with van der Waals surface area (Å²) in [6, 6.07) is 19.7. The van der Waals surface area contributed by atoms with Gasteiger partial charge >= 0.3 is 0 Å². The van der Waals surface area contributed by atoms with E-state index in [1.807, 2.05) is 48.5 Å². The minimum Gasteiger partial charge on any atom is -0.198 e. The molecule has 0 aliphatic carbocycles. The molecule has 0 aliphatic rings. The highest BCUT2D eigenvalue weighted by Crippen LogP contribution is 2.26. The van der Waals surface area contributed by atoms with Crippen LogP contribution < -0.4 is 0 Å². The van der Waals surface area contributed by atoms with Crippen molar-refractivity contribution in [2.24, 2.45) is 0 Å². The highest BCUT2D eigenvalue weighted by Gasteiger charge is 2.12. The molecule has 2 atom stereocenters. The fourth-order valence-corrected chi connectivity index (χ4v) is 3.13. The third-order valence-electron chi connectivity index (χ3n) is 4.34. The van der Waals surface area contributed by atoms with Crippen molar-refractivity contribution in [3.05, 3.63) is 69.7 Å². The third-order valence-corrected chi connectivity index (χ3v) is 4.85. The molecule has 2 rings (SSSR count). The zero-order valence-electron chi connectivity index (χ0n) is 14.0.